The van der Waals surface area contributed by atoms with Crippen LogP contribution in [0.3, 0.4) is 0 Å². The predicted molar refractivity (Wildman–Crippen MR) is 84.0 cm³/mol. The number of nitrogens with one attached hydrogen (secondary N) is 1. The lowest BCUT2D eigenvalue weighted by Gasteiger charge is -2.09. The Morgan fingerprint density at radius 2 is 1.86 bits per heavy atom. The van der Waals surface area contributed by atoms with Gasteiger partial charge in [-0.2, -0.15) is 0 Å². The molecule has 0 bridgehead atoms. The van der Waals surface area contributed by atoms with Crippen molar-refractivity contribution in [2.75, 3.05) is 5.32 Å². The summed E-state index contributed by atoms with van der Waals surface area (Å²) in [5.74, 6) is -0.350. The number of primary amides is 1. The molecule has 1 aromatic heterocycles. The van der Waals surface area contributed by atoms with Crippen LogP contribution in [0.15, 0.2) is 30.5 Å². The van der Waals surface area contributed by atoms with Crippen LogP contribution in [-0.4, -0.2) is 21.8 Å². The van der Waals surface area contributed by atoms with Gasteiger partial charge in [0.1, 0.15) is 5.82 Å². The molecule has 1 heterocycles. The third kappa shape index (κ3) is 3.59. The van der Waals surface area contributed by atoms with Crippen molar-refractivity contribution in [2.45, 2.75) is 19.8 Å². The number of halogens is 1. The molecule has 0 aliphatic heterocycles. The first-order valence-electron chi connectivity index (χ1n) is 6.62. The SMILES string of the molecule is CC(C)c1ncc(Cl)c(C(=O)Nc2ccc(C(N)=O)cc2)n1. The van der Waals surface area contributed by atoms with Crippen molar-refractivity contribution in [3.05, 3.63) is 52.6 Å². The highest BCUT2D eigenvalue weighted by Crippen LogP contribution is 2.18. The van der Waals surface area contributed by atoms with Gasteiger partial charge in [0, 0.05) is 17.2 Å². The van der Waals surface area contributed by atoms with Crippen LogP contribution in [0.25, 0.3) is 0 Å². The van der Waals surface area contributed by atoms with Crippen molar-refractivity contribution in [2.24, 2.45) is 5.73 Å². The lowest BCUT2D eigenvalue weighted by Crippen LogP contribution is -2.16. The average molecular weight is 319 g/mol. The molecule has 114 valence electrons. The van der Waals surface area contributed by atoms with Crippen molar-refractivity contribution < 1.29 is 9.59 Å². The van der Waals surface area contributed by atoms with E-state index in [1.165, 1.54) is 18.3 Å². The van der Waals surface area contributed by atoms with E-state index in [1.54, 1.807) is 12.1 Å². The fourth-order valence-electron chi connectivity index (χ4n) is 1.73. The Morgan fingerprint density at radius 3 is 2.41 bits per heavy atom. The molecule has 2 rings (SSSR count). The van der Waals surface area contributed by atoms with E-state index in [0.29, 0.717) is 17.1 Å². The minimum atomic E-state index is -0.529. The fourth-order valence-corrected chi connectivity index (χ4v) is 1.90. The van der Waals surface area contributed by atoms with Crippen LogP contribution in [-0.2, 0) is 0 Å². The van der Waals surface area contributed by atoms with Crippen LogP contribution in [0.2, 0.25) is 5.02 Å². The first-order valence-corrected chi connectivity index (χ1v) is 7.00. The Kier molecular flexibility index (Phi) is 4.72. The quantitative estimate of drug-likeness (QED) is 0.905. The van der Waals surface area contributed by atoms with Gasteiger partial charge in [0.15, 0.2) is 5.69 Å². The second-order valence-electron chi connectivity index (χ2n) is 4.98. The molecule has 0 saturated heterocycles. The molecule has 6 nitrogen and oxygen atoms in total. The minimum Gasteiger partial charge on any atom is -0.366 e. The standard InChI is InChI=1S/C15H15ClN4O2/c1-8(2)14-18-7-11(16)12(20-14)15(22)19-10-5-3-9(4-6-10)13(17)21/h3-8H,1-2H3,(H2,17,21)(H,19,22). The normalized spacial score (nSPS) is 10.5. The van der Waals surface area contributed by atoms with Crippen molar-refractivity contribution in [3.8, 4) is 0 Å². The topological polar surface area (TPSA) is 98.0 Å². The predicted octanol–water partition coefficient (Wildman–Crippen LogP) is 2.60. The summed E-state index contributed by atoms with van der Waals surface area (Å²) in [4.78, 5) is 31.5. The Balaban J connectivity index is 2.21. The van der Waals surface area contributed by atoms with Gasteiger partial charge in [-0.05, 0) is 24.3 Å². The third-order valence-corrected chi connectivity index (χ3v) is 3.20. The van der Waals surface area contributed by atoms with E-state index in [0.717, 1.165) is 0 Å². The molecular formula is C15H15ClN4O2. The van der Waals surface area contributed by atoms with Gasteiger partial charge in [-0.15, -0.1) is 0 Å². The molecule has 2 aromatic rings. The number of carbonyl (C=O) groups is 2. The fraction of sp³-hybridized carbons (Fsp3) is 0.200. The van der Waals surface area contributed by atoms with E-state index < -0.39 is 11.8 Å². The highest BCUT2D eigenvalue weighted by atomic mass is 35.5. The minimum absolute atomic E-state index is 0.0821. The largest absolute Gasteiger partial charge is 0.366 e. The molecule has 0 aliphatic carbocycles. The van der Waals surface area contributed by atoms with E-state index in [9.17, 15) is 9.59 Å². The Morgan fingerprint density at radius 1 is 1.23 bits per heavy atom. The van der Waals surface area contributed by atoms with Gasteiger partial charge in [-0.25, -0.2) is 9.97 Å². The van der Waals surface area contributed by atoms with Gasteiger partial charge < -0.3 is 11.1 Å². The highest BCUT2D eigenvalue weighted by Gasteiger charge is 2.15. The molecule has 0 spiro atoms. The first-order chi connectivity index (χ1) is 10.4. The number of carbonyl (C=O) groups excluding carboxylic acids is 2. The molecule has 2 amide bonds. The zero-order valence-electron chi connectivity index (χ0n) is 12.1. The van der Waals surface area contributed by atoms with E-state index in [2.05, 4.69) is 15.3 Å². The molecule has 0 fully saturated rings. The third-order valence-electron chi connectivity index (χ3n) is 2.92. The Bertz CT molecular complexity index is 714. The molecule has 22 heavy (non-hydrogen) atoms. The maximum atomic E-state index is 12.3. The second-order valence-corrected chi connectivity index (χ2v) is 5.38. The number of rotatable bonds is 4. The summed E-state index contributed by atoms with van der Waals surface area (Å²) in [5, 5.41) is 2.84. The molecular weight excluding hydrogens is 304 g/mol. The van der Waals surface area contributed by atoms with E-state index >= 15 is 0 Å². The van der Waals surface area contributed by atoms with Crippen molar-refractivity contribution >= 4 is 29.1 Å². The number of anilines is 1. The smallest absolute Gasteiger partial charge is 0.275 e. The van der Waals surface area contributed by atoms with Gasteiger partial charge in [0.05, 0.1) is 11.2 Å². The lowest BCUT2D eigenvalue weighted by atomic mass is 10.2. The maximum Gasteiger partial charge on any atom is 0.275 e. The van der Waals surface area contributed by atoms with Crippen LogP contribution >= 0.6 is 11.6 Å². The summed E-state index contributed by atoms with van der Waals surface area (Å²) < 4.78 is 0. The Labute approximate surface area is 132 Å². The molecule has 1 aromatic carbocycles. The van der Waals surface area contributed by atoms with Crippen LogP contribution in [0.4, 0.5) is 5.69 Å². The van der Waals surface area contributed by atoms with E-state index in [4.69, 9.17) is 17.3 Å². The lowest BCUT2D eigenvalue weighted by molar-refractivity contribution is 0.0998. The average Bonchev–Trinajstić information content (AvgIpc) is 2.47. The summed E-state index contributed by atoms with van der Waals surface area (Å²) in [5.41, 5.74) is 6.14. The monoisotopic (exact) mass is 318 g/mol. The maximum absolute atomic E-state index is 12.3. The summed E-state index contributed by atoms with van der Waals surface area (Å²) in [6, 6.07) is 6.21. The molecule has 0 saturated carbocycles. The molecule has 0 atom stereocenters. The number of nitrogens with zero attached hydrogens (tertiary/aromatic N) is 2. The second kappa shape index (κ2) is 6.53. The molecule has 0 unspecified atom stereocenters. The molecule has 3 N–H and O–H groups in total. The van der Waals surface area contributed by atoms with Crippen LogP contribution < -0.4 is 11.1 Å². The highest BCUT2D eigenvalue weighted by molar-refractivity contribution is 6.33. The van der Waals surface area contributed by atoms with E-state index in [1.807, 2.05) is 13.8 Å². The van der Waals surface area contributed by atoms with Crippen LogP contribution in [0.1, 0.15) is 46.4 Å². The van der Waals surface area contributed by atoms with Gasteiger partial charge in [0.2, 0.25) is 5.91 Å². The van der Waals surface area contributed by atoms with Crippen molar-refractivity contribution in [1.82, 2.24) is 9.97 Å². The Hall–Kier alpha value is -2.47. The van der Waals surface area contributed by atoms with Crippen molar-refractivity contribution in [1.29, 1.82) is 0 Å². The van der Waals surface area contributed by atoms with Gasteiger partial charge >= 0.3 is 0 Å². The zero-order chi connectivity index (χ0) is 16.3. The van der Waals surface area contributed by atoms with Crippen LogP contribution in [0, 0.1) is 0 Å². The molecule has 0 radical (unpaired) electrons. The van der Waals surface area contributed by atoms with Crippen molar-refractivity contribution in [3.63, 3.8) is 0 Å². The number of aromatic nitrogens is 2. The van der Waals surface area contributed by atoms with E-state index in [-0.39, 0.29) is 16.6 Å². The number of amides is 2. The number of benzene rings is 1. The van der Waals surface area contributed by atoms with Gasteiger partial charge in [-0.1, -0.05) is 25.4 Å². The van der Waals surface area contributed by atoms with Crippen LogP contribution in [0.5, 0.6) is 0 Å². The summed E-state index contributed by atoms with van der Waals surface area (Å²) in [7, 11) is 0. The van der Waals surface area contributed by atoms with Gasteiger partial charge in [0.25, 0.3) is 5.91 Å². The number of nitrogens with two attached hydrogens (primary N) is 1. The molecule has 0 aliphatic rings. The summed E-state index contributed by atoms with van der Waals surface area (Å²) in [6.45, 7) is 3.85. The number of hydrogen-bond donors (Lipinski definition) is 2. The summed E-state index contributed by atoms with van der Waals surface area (Å²) >= 11 is 5.98. The number of hydrogen-bond acceptors (Lipinski definition) is 4. The molecule has 7 heteroatoms. The zero-order valence-corrected chi connectivity index (χ0v) is 12.9. The first kappa shape index (κ1) is 15.9. The summed E-state index contributed by atoms with van der Waals surface area (Å²) in [6.07, 6.45) is 1.41. The van der Waals surface area contributed by atoms with Gasteiger partial charge in [-0.3, -0.25) is 9.59 Å².